The van der Waals surface area contributed by atoms with Crippen molar-refractivity contribution in [3.05, 3.63) is 11.6 Å². The predicted molar refractivity (Wildman–Crippen MR) is 53.1 cm³/mol. The first-order chi connectivity index (χ1) is 7.22. The number of rotatable bonds is 4. The summed E-state index contributed by atoms with van der Waals surface area (Å²) in [5, 5.41) is 10.1. The van der Waals surface area contributed by atoms with Crippen LogP contribution in [0.1, 0.15) is 17.3 Å². The highest BCUT2D eigenvalue weighted by Crippen LogP contribution is 2.17. The molecule has 0 aliphatic rings. The van der Waals surface area contributed by atoms with Gasteiger partial charge in [0, 0.05) is 12.6 Å². The van der Waals surface area contributed by atoms with E-state index in [2.05, 4.69) is 15.5 Å². The molecule has 0 aliphatic carbocycles. The molecule has 6 heteroatoms. The molecule has 1 aromatic rings. The summed E-state index contributed by atoms with van der Waals surface area (Å²) in [5.41, 5.74) is 0.311. The number of ether oxygens (including phenoxy) is 2. The van der Waals surface area contributed by atoms with Crippen molar-refractivity contribution in [2.45, 2.75) is 6.92 Å². The van der Waals surface area contributed by atoms with Crippen molar-refractivity contribution in [2.75, 3.05) is 20.8 Å². The third-order valence-corrected chi connectivity index (χ3v) is 1.72. The van der Waals surface area contributed by atoms with Gasteiger partial charge in [-0.2, -0.15) is 0 Å². The SMILES string of the molecule is CCNC(=O)c1cc(OC)nnc1OC. The van der Waals surface area contributed by atoms with Gasteiger partial charge in [-0.3, -0.25) is 4.79 Å². The average Bonchev–Trinajstić information content (AvgIpc) is 2.28. The molecule has 0 saturated heterocycles. The zero-order valence-corrected chi connectivity index (χ0v) is 8.90. The Bertz CT molecular complexity index is 354. The molecular formula is C9H13N3O3. The number of aromatic nitrogens is 2. The van der Waals surface area contributed by atoms with Gasteiger partial charge in [-0.15, -0.1) is 10.2 Å². The summed E-state index contributed by atoms with van der Waals surface area (Å²) in [4.78, 5) is 11.6. The minimum atomic E-state index is -0.262. The number of nitrogens with zero attached hydrogens (tertiary/aromatic N) is 2. The highest BCUT2D eigenvalue weighted by Gasteiger charge is 2.14. The fourth-order valence-electron chi connectivity index (χ4n) is 1.03. The smallest absolute Gasteiger partial charge is 0.257 e. The largest absolute Gasteiger partial charge is 0.480 e. The molecular weight excluding hydrogens is 198 g/mol. The molecule has 1 rings (SSSR count). The number of carbonyl (C=O) groups excluding carboxylic acids is 1. The third-order valence-electron chi connectivity index (χ3n) is 1.72. The van der Waals surface area contributed by atoms with E-state index in [0.717, 1.165) is 0 Å². The van der Waals surface area contributed by atoms with Gasteiger partial charge in [0.05, 0.1) is 14.2 Å². The maximum Gasteiger partial charge on any atom is 0.257 e. The summed E-state index contributed by atoms with van der Waals surface area (Å²) < 4.78 is 9.80. The Morgan fingerprint density at radius 1 is 1.40 bits per heavy atom. The number of hydrogen-bond donors (Lipinski definition) is 1. The van der Waals surface area contributed by atoms with Crippen molar-refractivity contribution in [3.63, 3.8) is 0 Å². The van der Waals surface area contributed by atoms with Crippen LogP contribution >= 0.6 is 0 Å². The molecule has 0 bridgehead atoms. The van der Waals surface area contributed by atoms with Gasteiger partial charge in [0.15, 0.2) is 0 Å². The Morgan fingerprint density at radius 2 is 2.13 bits per heavy atom. The molecule has 1 heterocycles. The van der Waals surface area contributed by atoms with Gasteiger partial charge in [-0.1, -0.05) is 0 Å². The van der Waals surface area contributed by atoms with Crippen LogP contribution in [0.15, 0.2) is 6.07 Å². The highest BCUT2D eigenvalue weighted by molar-refractivity contribution is 5.96. The minimum absolute atomic E-state index is 0.182. The molecule has 0 aliphatic heterocycles. The summed E-state index contributed by atoms with van der Waals surface area (Å²) >= 11 is 0. The second-order valence-electron chi connectivity index (χ2n) is 2.67. The molecule has 6 nitrogen and oxygen atoms in total. The highest BCUT2D eigenvalue weighted by atomic mass is 16.5. The zero-order chi connectivity index (χ0) is 11.3. The van der Waals surface area contributed by atoms with Crippen LogP contribution in [0.3, 0.4) is 0 Å². The van der Waals surface area contributed by atoms with Crippen LogP contribution in [0.25, 0.3) is 0 Å². The van der Waals surface area contributed by atoms with Gasteiger partial charge in [-0.05, 0) is 6.92 Å². The molecule has 0 fully saturated rings. The Kier molecular flexibility index (Phi) is 3.84. The summed E-state index contributed by atoms with van der Waals surface area (Å²) in [6, 6.07) is 1.48. The van der Waals surface area contributed by atoms with Crippen molar-refractivity contribution < 1.29 is 14.3 Å². The van der Waals surface area contributed by atoms with Gasteiger partial charge < -0.3 is 14.8 Å². The van der Waals surface area contributed by atoms with Crippen LogP contribution in [0, 0.1) is 0 Å². The van der Waals surface area contributed by atoms with Crippen LogP contribution in [0.2, 0.25) is 0 Å². The van der Waals surface area contributed by atoms with Crippen molar-refractivity contribution in [1.82, 2.24) is 15.5 Å². The van der Waals surface area contributed by atoms with Gasteiger partial charge in [-0.25, -0.2) is 0 Å². The first-order valence-corrected chi connectivity index (χ1v) is 4.46. The fraction of sp³-hybridized carbons (Fsp3) is 0.444. The first-order valence-electron chi connectivity index (χ1n) is 4.46. The Hall–Kier alpha value is -1.85. The van der Waals surface area contributed by atoms with E-state index in [1.54, 1.807) is 0 Å². The summed E-state index contributed by atoms with van der Waals surface area (Å²) in [5.74, 6) is 0.196. The second kappa shape index (κ2) is 5.14. The van der Waals surface area contributed by atoms with Gasteiger partial charge >= 0.3 is 0 Å². The number of methoxy groups -OCH3 is 2. The fourth-order valence-corrected chi connectivity index (χ4v) is 1.03. The second-order valence-corrected chi connectivity index (χ2v) is 2.67. The maximum atomic E-state index is 11.6. The van der Waals surface area contributed by atoms with Crippen molar-refractivity contribution in [1.29, 1.82) is 0 Å². The number of hydrogen-bond acceptors (Lipinski definition) is 5. The molecule has 82 valence electrons. The Labute approximate surface area is 87.6 Å². The lowest BCUT2D eigenvalue weighted by Crippen LogP contribution is -2.23. The van der Waals surface area contributed by atoms with E-state index < -0.39 is 0 Å². The molecule has 0 unspecified atom stereocenters. The van der Waals surface area contributed by atoms with Gasteiger partial charge in [0.2, 0.25) is 11.8 Å². The quantitative estimate of drug-likeness (QED) is 0.772. The van der Waals surface area contributed by atoms with E-state index in [0.29, 0.717) is 12.1 Å². The standard InChI is InChI=1S/C9H13N3O3/c1-4-10-8(13)6-5-7(14-2)11-12-9(6)15-3/h5H,4H2,1-3H3,(H,10,13). The number of nitrogens with one attached hydrogen (secondary N) is 1. The van der Waals surface area contributed by atoms with Crippen LogP contribution in [0.4, 0.5) is 0 Å². The number of carbonyl (C=O) groups is 1. The van der Waals surface area contributed by atoms with E-state index in [-0.39, 0.29) is 17.7 Å². The molecule has 15 heavy (non-hydrogen) atoms. The maximum absolute atomic E-state index is 11.6. The van der Waals surface area contributed by atoms with Crippen molar-refractivity contribution >= 4 is 5.91 Å². The van der Waals surface area contributed by atoms with E-state index >= 15 is 0 Å². The van der Waals surface area contributed by atoms with Crippen LogP contribution in [-0.2, 0) is 0 Å². The van der Waals surface area contributed by atoms with E-state index in [4.69, 9.17) is 9.47 Å². The molecule has 0 aromatic carbocycles. The minimum Gasteiger partial charge on any atom is -0.480 e. The van der Waals surface area contributed by atoms with Crippen LogP contribution < -0.4 is 14.8 Å². The zero-order valence-electron chi connectivity index (χ0n) is 8.90. The van der Waals surface area contributed by atoms with Gasteiger partial charge in [0.1, 0.15) is 5.56 Å². The molecule has 1 amide bonds. The lowest BCUT2D eigenvalue weighted by atomic mass is 10.2. The topological polar surface area (TPSA) is 73.3 Å². The van der Waals surface area contributed by atoms with Gasteiger partial charge in [0.25, 0.3) is 5.91 Å². The predicted octanol–water partition coefficient (Wildman–Crippen LogP) is 0.244. The van der Waals surface area contributed by atoms with E-state index in [9.17, 15) is 4.79 Å². The molecule has 0 radical (unpaired) electrons. The molecule has 0 spiro atoms. The normalized spacial score (nSPS) is 9.53. The van der Waals surface area contributed by atoms with E-state index in [1.807, 2.05) is 6.92 Å². The summed E-state index contributed by atoms with van der Waals surface area (Å²) in [6.07, 6.45) is 0. The lowest BCUT2D eigenvalue weighted by molar-refractivity contribution is 0.0951. The van der Waals surface area contributed by atoms with Crippen LogP contribution in [-0.4, -0.2) is 36.9 Å². The summed E-state index contributed by atoms with van der Waals surface area (Å²) in [7, 11) is 2.89. The molecule has 1 aromatic heterocycles. The third kappa shape index (κ3) is 2.55. The molecule has 1 N–H and O–H groups in total. The molecule has 0 saturated carbocycles. The first kappa shape index (κ1) is 11.2. The monoisotopic (exact) mass is 211 g/mol. The average molecular weight is 211 g/mol. The van der Waals surface area contributed by atoms with Crippen molar-refractivity contribution in [2.24, 2.45) is 0 Å². The molecule has 0 atom stereocenters. The Morgan fingerprint density at radius 3 is 2.67 bits per heavy atom. The summed E-state index contributed by atoms with van der Waals surface area (Å²) in [6.45, 7) is 2.36. The Balaban J connectivity index is 3.05. The van der Waals surface area contributed by atoms with Crippen molar-refractivity contribution in [3.8, 4) is 11.8 Å². The van der Waals surface area contributed by atoms with Crippen LogP contribution in [0.5, 0.6) is 11.8 Å². The number of amides is 1. The van der Waals surface area contributed by atoms with E-state index in [1.165, 1.54) is 20.3 Å². The lowest BCUT2D eigenvalue weighted by Gasteiger charge is -2.07.